The van der Waals surface area contributed by atoms with Crippen molar-refractivity contribution < 1.29 is 19.1 Å². The second-order valence-corrected chi connectivity index (χ2v) is 3.72. The number of carboxylic acid groups (broad SMARTS) is 1. The normalized spacial score (nSPS) is 11.9. The molecule has 1 atom stereocenters. The highest BCUT2D eigenvalue weighted by Crippen LogP contribution is 2.23. The highest BCUT2D eigenvalue weighted by atomic mass is 19.1. The molecule has 4 nitrogen and oxygen atoms in total. The molecule has 1 rings (SSSR count). The number of rotatable bonds is 5. The van der Waals surface area contributed by atoms with Gasteiger partial charge in [-0.05, 0) is 17.7 Å². The van der Waals surface area contributed by atoms with Gasteiger partial charge in [-0.2, -0.15) is 0 Å². The maximum Gasteiger partial charge on any atom is 0.303 e. The number of aliphatic carboxylic acids is 1. The minimum atomic E-state index is -0.983. The molecule has 2 N–H and O–H groups in total. The van der Waals surface area contributed by atoms with Gasteiger partial charge < -0.3 is 10.4 Å². The Morgan fingerprint density at radius 1 is 1.29 bits per heavy atom. The van der Waals surface area contributed by atoms with Gasteiger partial charge in [0.2, 0.25) is 5.91 Å². The van der Waals surface area contributed by atoms with Gasteiger partial charge in [-0.1, -0.05) is 12.1 Å². The Kier molecular flexibility index (Phi) is 4.63. The van der Waals surface area contributed by atoms with Gasteiger partial charge in [-0.3, -0.25) is 9.59 Å². The van der Waals surface area contributed by atoms with Crippen LogP contribution >= 0.6 is 0 Å². The third-order valence-corrected chi connectivity index (χ3v) is 2.47. The maximum absolute atomic E-state index is 12.7. The lowest BCUT2D eigenvalue weighted by Crippen LogP contribution is -2.21. The molecule has 1 unspecified atom stereocenters. The fourth-order valence-corrected chi connectivity index (χ4v) is 1.58. The van der Waals surface area contributed by atoms with Crippen molar-refractivity contribution in [3.8, 4) is 0 Å². The Bertz CT molecular complexity index is 403. The summed E-state index contributed by atoms with van der Waals surface area (Å²) in [4.78, 5) is 22.0. The predicted molar refractivity (Wildman–Crippen MR) is 60.1 cm³/mol. The van der Waals surface area contributed by atoms with Crippen LogP contribution in [0.25, 0.3) is 0 Å². The highest BCUT2D eigenvalue weighted by molar-refractivity contribution is 5.78. The first kappa shape index (κ1) is 13.2. The van der Waals surface area contributed by atoms with Gasteiger partial charge in [0.25, 0.3) is 0 Å². The predicted octanol–water partition coefficient (Wildman–Crippen LogP) is 1.52. The molecule has 17 heavy (non-hydrogen) atoms. The van der Waals surface area contributed by atoms with E-state index in [1.54, 1.807) is 0 Å². The molecule has 0 saturated carbocycles. The van der Waals surface area contributed by atoms with Gasteiger partial charge in [-0.25, -0.2) is 4.39 Å². The van der Waals surface area contributed by atoms with Gasteiger partial charge in [0.1, 0.15) is 5.82 Å². The van der Waals surface area contributed by atoms with E-state index in [-0.39, 0.29) is 24.6 Å². The summed E-state index contributed by atoms with van der Waals surface area (Å²) in [6.07, 6.45) is -0.0759. The number of hydrogen-bond donors (Lipinski definition) is 2. The van der Waals surface area contributed by atoms with Crippen molar-refractivity contribution in [2.75, 3.05) is 7.05 Å². The summed E-state index contributed by atoms with van der Waals surface area (Å²) >= 11 is 0. The molecule has 0 bridgehead atoms. The Labute approximate surface area is 98.5 Å². The van der Waals surface area contributed by atoms with Gasteiger partial charge in [0.15, 0.2) is 0 Å². The Hall–Kier alpha value is -1.91. The van der Waals surface area contributed by atoms with Crippen LogP contribution in [-0.2, 0) is 9.59 Å². The van der Waals surface area contributed by atoms with Crippen LogP contribution < -0.4 is 5.32 Å². The van der Waals surface area contributed by atoms with Crippen LogP contribution in [0.15, 0.2) is 24.3 Å². The minimum Gasteiger partial charge on any atom is -0.481 e. The van der Waals surface area contributed by atoms with E-state index in [0.29, 0.717) is 5.56 Å². The molecular weight excluding hydrogens is 225 g/mol. The molecule has 1 aromatic rings. The number of halogens is 1. The lowest BCUT2D eigenvalue weighted by molar-refractivity contribution is -0.137. The molecule has 0 fully saturated rings. The molecule has 0 saturated heterocycles. The molecule has 0 aliphatic heterocycles. The van der Waals surface area contributed by atoms with Crippen molar-refractivity contribution in [2.24, 2.45) is 0 Å². The molecule has 0 radical (unpaired) electrons. The summed E-state index contributed by atoms with van der Waals surface area (Å²) in [5.41, 5.74) is 0.650. The lowest BCUT2D eigenvalue weighted by atomic mass is 9.92. The first-order chi connectivity index (χ1) is 8.02. The van der Waals surface area contributed by atoms with E-state index in [0.717, 1.165) is 0 Å². The van der Waals surface area contributed by atoms with Crippen molar-refractivity contribution in [3.05, 3.63) is 35.6 Å². The Morgan fingerprint density at radius 3 is 2.35 bits per heavy atom. The van der Waals surface area contributed by atoms with Crippen molar-refractivity contribution in [1.29, 1.82) is 0 Å². The second kappa shape index (κ2) is 5.98. The van der Waals surface area contributed by atoms with Crippen LogP contribution in [0.1, 0.15) is 24.3 Å². The number of carbonyl (C=O) groups excluding carboxylic acids is 1. The zero-order chi connectivity index (χ0) is 12.8. The topological polar surface area (TPSA) is 66.4 Å². The van der Waals surface area contributed by atoms with E-state index in [1.807, 2.05) is 0 Å². The summed E-state index contributed by atoms with van der Waals surface area (Å²) in [5, 5.41) is 11.2. The standard InChI is InChI=1S/C12H14FNO3/c1-14-11(15)6-9(7-12(16)17)8-2-4-10(13)5-3-8/h2-5,9H,6-7H2,1H3,(H,14,15)(H,16,17). The van der Waals surface area contributed by atoms with E-state index in [4.69, 9.17) is 5.11 Å². The van der Waals surface area contributed by atoms with Gasteiger partial charge in [0.05, 0.1) is 6.42 Å². The van der Waals surface area contributed by atoms with Crippen LogP contribution in [0.4, 0.5) is 4.39 Å². The van der Waals surface area contributed by atoms with Crippen LogP contribution in [0.2, 0.25) is 0 Å². The largest absolute Gasteiger partial charge is 0.481 e. The molecule has 1 amide bonds. The van der Waals surface area contributed by atoms with Gasteiger partial charge >= 0.3 is 5.97 Å². The van der Waals surface area contributed by atoms with E-state index >= 15 is 0 Å². The Morgan fingerprint density at radius 2 is 1.88 bits per heavy atom. The van der Waals surface area contributed by atoms with E-state index < -0.39 is 11.9 Å². The van der Waals surface area contributed by atoms with Crippen LogP contribution in [0.5, 0.6) is 0 Å². The average Bonchev–Trinajstić information content (AvgIpc) is 2.28. The van der Waals surface area contributed by atoms with Crippen molar-refractivity contribution in [3.63, 3.8) is 0 Å². The zero-order valence-electron chi connectivity index (χ0n) is 9.44. The Balaban J connectivity index is 2.85. The molecule has 0 spiro atoms. The van der Waals surface area contributed by atoms with Crippen molar-refractivity contribution >= 4 is 11.9 Å². The monoisotopic (exact) mass is 239 g/mol. The minimum absolute atomic E-state index is 0.0778. The van der Waals surface area contributed by atoms with Crippen molar-refractivity contribution in [1.82, 2.24) is 5.32 Å². The average molecular weight is 239 g/mol. The molecule has 92 valence electrons. The first-order valence-electron chi connectivity index (χ1n) is 5.20. The first-order valence-corrected chi connectivity index (χ1v) is 5.20. The van der Waals surface area contributed by atoms with E-state index in [1.165, 1.54) is 31.3 Å². The fourth-order valence-electron chi connectivity index (χ4n) is 1.58. The van der Waals surface area contributed by atoms with Crippen LogP contribution in [0, 0.1) is 5.82 Å². The van der Waals surface area contributed by atoms with E-state index in [2.05, 4.69) is 5.32 Å². The number of carbonyl (C=O) groups is 2. The van der Waals surface area contributed by atoms with Crippen LogP contribution in [-0.4, -0.2) is 24.0 Å². The second-order valence-electron chi connectivity index (χ2n) is 3.72. The third kappa shape index (κ3) is 4.22. The van der Waals surface area contributed by atoms with E-state index in [9.17, 15) is 14.0 Å². The zero-order valence-corrected chi connectivity index (χ0v) is 9.44. The maximum atomic E-state index is 12.7. The summed E-state index contributed by atoms with van der Waals surface area (Å²) in [5.74, 6) is -2.04. The molecule has 5 heteroatoms. The third-order valence-electron chi connectivity index (χ3n) is 2.47. The molecule has 0 heterocycles. The summed E-state index contributed by atoms with van der Waals surface area (Å²) < 4.78 is 12.7. The van der Waals surface area contributed by atoms with Gasteiger partial charge in [-0.15, -0.1) is 0 Å². The number of hydrogen-bond acceptors (Lipinski definition) is 2. The number of nitrogens with one attached hydrogen (secondary N) is 1. The van der Waals surface area contributed by atoms with Crippen LogP contribution in [0.3, 0.4) is 0 Å². The molecule has 0 aromatic heterocycles. The molecular formula is C12H14FNO3. The summed E-state index contributed by atoms with van der Waals surface area (Å²) in [7, 11) is 1.49. The quantitative estimate of drug-likeness (QED) is 0.818. The number of benzene rings is 1. The SMILES string of the molecule is CNC(=O)CC(CC(=O)O)c1ccc(F)cc1. The van der Waals surface area contributed by atoms with Gasteiger partial charge in [0, 0.05) is 19.4 Å². The summed E-state index contributed by atoms with van der Waals surface area (Å²) in [6.45, 7) is 0. The summed E-state index contributed by atoms with van der Waals surface area (Å²) in [6, 6.07) is 5.53. The number of carboxylic acids is 1. The smallest absolute Gasteiger partial charge is 0.303 e. The lowest BCUT2D eigenvalue weighted by Gasteiger charge is -2.14. The molecule has 0 aliphatic rings. The number of amides is 1. The molecule has 0 aliphatic carbocycles. The highest BCUT2D eigenvalue weighted by Gasteiger charge is 2.18. The molecule has 1 aromatic carbocycles. The fraction of sp³-hybridized carbons (Fsp3) is 0.333. The van der Waals surface area contributed by atoms with Crippen molar-refractivity contribution in [2.45, 2.75) is 18.8 Å².